The molecule has 1 aromatic heterocycles. The average Bonchev–Trinajstić information content (AvgIpc) is 2.32. The van der Waals surface area contributed by atoms with Gasteiger partial charge in [-0.15, -0.1) is 11.8 Å². The van der Waals surface area contributed by atoms with Crippen LogP contribution in [-0.4, -0.2) is 4.98 Å². The van der Waals surface area contributed by atoms with Gasteiger partial charge in [0.15, 0.2) is 0 Å². The van der Waals surface area contributed by atoms with Gasteiger partial charge in [-0.3, -0.25) is 4.98 Å². The lowest BCUT2D eigenvalue weighted by atomic mass is 10.3. The number of aromatic nitrogens is 1. The van der Waals surface area contributed by atoms with Gasteiger partial charge in [0.25, 0.3) is 0 Å². The molecule has 0 fully saturated rings. The number of pyridine rings is 1. The van der Waals surface area contributed by atoms with Gasteiger partial charge in [0.1, 0.15) is 0 Å². The van der Waals surface area contributed by atoms with Crippen molar-refractivity contribution in [3.8, 4) is 0 Å². The van der Waals surface area contributed by atoms with Gasteiger partial charge >= 0.3 is 0 Å². The van der Waals surface area contributed by atoms with Crippen molar-refractivity contribution in [2.24, 2.45) is 0 Å². The minimum atomic E-state index is 0.603. The summed E-state index contributed by atoms with van der Waals surface area (Å²) in [6, 6.07) is 11.6. The third-order valence-corrected chi connectivity index (χ3v) is 3.44. The number of benzene rings is 1. The molecule has 0 amide bonds. The number of rotatable bonds is 3. The van der Waals surface area contributed by atoms with Gasteiger partial charge < -0.3 is 5.73 Å². The van der Waals surface area contributed by atoms with Crippen molar-refractivity contribution in [2.75, 3.05) is 5.73 Å². The lowest BCUT2D eigenvalue weighted by molar-refractivity contribution is 1.17. The van der Waals surface area contributed by atoms with Crippen LogP contribution in [0, 0.1) is 0 Å². The molecule has 0 saturated carbocycles. The quantitative estimate of drug-likeness (QED) is 0.668. The van der Waals surface area contributed by atoms with Gasteiger partial charge in [0, 0.05) is 16.8 Å². The second-order valence-corrected chi connectivity index (χ2v) is 4.75. The van der Waals surface area contributed by atoms with Gasteiger partial charge in [-0.05, 0) is 30.3 Å². The molecule has 0 atom stereocenters. The van der Waals surface area contributed by atoms with Crippen molar-refractivity contribution in [3.63, 3.8) is 0 Å². The zero-order chi connectivity index (χ0) is 11.4. The average molecular weight is 251 g/mol. The largest absolute Gasteiger partial charge is 0.398 e. The molecule has 0 saturated heterocycles. The van der Waals surface area contributed by atoms with Gasteiger partial charge in [-0.2, -0.15) is 0 Å². The Balaban J connectivity index is 2.03. The Kier molecular flexibility index (Phi) is 3.70. The fourth-order valence-corrected chi connectivity index (χ4v) is 2.33. The van der Waals surface area contributed by atoms with Crippen molar-refractivity contribution < 1.29 is 0 Å². The van der Waals surface area contributed by atoms with Gasteiger partial charge in [-0.25, -0.2) is 0 Å². The molecule has 0 aliphatic heterocycles. The van der Waals surface area contributed by atoms with E-state index < -0.39 is 0 Å². The molecule has 0 aliphatic carbocycles. The third kappa shape index (κ3) is 2.90. The maximum Gasteiger partial charge on any atom is 0.0646 e. The molecule has 1 aromatic carbocycles. The van der Waals surface area contributed by atoms with Crippen molar-refractivity contribution >= 4 is 29.1 Å². The molecule has 0 aliphatic rings. The summed E-state index contributed by atoms with van der Waals surface area (Å²) in [5, 5.41) is 0.603. The molecular weight excluding hydrogens is 240 g/mol. The number of nitrogen functional groups attached to an aromatic ring is 1. The van der Waals surface area contributed by atoms with Crippen molar-refractivity contribution in [3.05, 3.63) is 53.3 Å². The number of thioether (sulfide) groups is 1. The number of nitrogens with two attached hydrogens (primary N) is 1. The first-order valence-corrected chi connectivity index (χ1v) is 6.20. The first-order valence-electron chi connectivity index (χ1n) is 4.83. The van der Waals surface area contributed by atoms with E-state index in [9.17, 15) is 0 Å². The van der Waals surface area contributed by atoms with Crippen LogP contribution in [0.4, 0.5) is 5.69 Å². The second-order valence-electron chi connectivity index (χ2n) is 3.29. The lowest BCUT2D eigenvalue weighted by Crippen LogP contribution is -1.87. The maximum absolute atomic E-state index is 5.94. The Hall–Kier alpha value is -1.19. The van der Waals surface area contributed by atoms with Crippen LogP contribution >= 0.6 is 23.4 Å². The smallest absolute Gasteiger partial charge is 0.0646 e. The Morgan fingerprint density at radius 3 is 2.81 bits per heavy atom. The number of nitrogens with zero attached hydrogens (tertiary/aromatic N) is 1. The first kappa shape index (κ1) is 11.3. The molecule has 0 radical (unpaired) electrons. The number of anilines is 1. The van der Waals surface area contributed by atoms with Crippen molar-refractivity contribution in [2.45, 2.75) is 10.6 Å². The van der Waals surface area contributed by atoms with Gasteiger partial charge in [-0.1, -0.05) is 17.7 Å². The highest BCUT2D eigenvalue weighted by molar-refractivity contribution is 7.98. The summed E-state index contributed by atoms with van der Waals surface area (Å²) in [6.45, 7) is 0. The van der Waals surface area contributed by atoms with E-state index in [0.29, 0.717) is 10.7 Å². The lowest BCUT2D eigenvalue weighted by Gasteiger charge is -2.03. The zero-order valence-corrected chi connectivity index (χ0v) is 10.1. The summed E-state index contributed by atoms with van der Waals surface area (Å²) >= 11 is 7.64. The maximum atomic E-state index is 5.94. The van der Waals surface area contributed by atoms with Crippen LogP contribution in [0.3, 0.4) is 0 Å². The molecule has 1 heterocycles. The fraction of sp³-hybridized carbons (Fsp3) is 0.0833. The first-order chi connectivity index (χ1) is 7.75. The number of hydrogen-bond acceptors (Lipinski definition) is 3. The van der Waals surface area contributed by atoms with Crippen molar-refractivity contribution in [1.29, 1.82) is 0 Å². The van der Waals surface area contributed by atoms with Gasteiger partial charge in [0.2, 0.25) is 0 Å². The molecule has 0 unspecified atom stereocenters. The standard InChI is InChI=1S/C12H11ClN2S/c13-11-7-10(4-5-12(11)14)16-8-9-3-1-2-6-15-9/h1-7H,8,14H2. The van der Waals surface area contributed by atoms with E-state index in [4.69, 9.17) is 17.3 Å². The van der Waals surface area contributed by atoms with Crippen LogP contribution in [0.25, 0.3) is 0 Å². The highest BCUT2D eigenvalue weighted by atomic mass is 35.5. The number of hydrogen-bond donors (Lipinski definition) is 1. The van der Waals surface area contributed by atoms with E-state index in [-0.39, 0.29) is 0 Å². The SMILES string of the molecule is Nc1ccc(SCc2ccccn2)cc1Cl. The summed E-state index contributed by atoms with van der Waals surface area (Å²) in [6.07, 6.45) is 1.80. The van der Waals surface area contributed by atoms with Crippen LogP contribution in [0.15, 0.2) is 47.5 Å². The Labute approximate surface area is 104 Å². The summed E-state index contributed by atoms with van der Waals surface area (Å²) in [7, 11) is 0. The molecule has 0 bridgehead atoms. The minimum Gasteiger partial charge on any atom is -0.398 e. The molecule has 2 aromatic rings. The Morgan fingerprint density at radius 2 is 2.12 bits per heavy atom. The van der Waals surface area contributed by atoms with E-state index in [0.717, 1.165) is 16.3 Å². The van der Waals surface area contributed by atoms with E-state index in [1.54, 1.807) is 18.0 Å². The van der Waals surface area contributed by atoms with Gasteiger partial charge in [0.05, 0.1) is 16.4 Å². The number of halogens is 1. The van der Waals surface area contributed by atoms with Crippen LogP contribution in [0.5, 0.6) is 0 Å². The highest BCUT2D eigenvalue weighted by Gasteiger charge is 2.00. The summed E-state index contributed by atoms with van der Waals surface area (Å²) in [5.74, 6) is 0.834. The predicted molar refractivity (Wildman–Crippen MR) is 69.7 cm³/mol. The van der Waals surface area contributed by atoms with Crippen LogP contribution in [0.1, 0.15) is 5.69 Å². The molecule has 0 spiro atoms. The second kappa shape index (κ2) is 5.23. The van der Waals surface area contributed by atoms with Crippen LogP contribution in [0.2, 0.25) is 5.02 Å². The molecule has 2 N–H and O–H groups in total. The van der Waals surface area contributed by atoms with Crippen LogP contribution in [-0.2, 0) is 5.75 Å². The van der Waals surface area contributed by atoms with Crippen molar-refractivity contribution in [1.82, 2.24) is 4.98 Å². The summed E-state index contributed by atoms with van der Waals surface area (Å²) < 4.78 is 0. The molecule has 82 valence electrons. The summed E-state index contributed by atoms with van der Waals surface area (Å²) in [5.41, 5.74) is 7.31. The molecular formula is C12H11ClN2S. The molecule has 4 heteroatoms. The van der Waals surface area contributed by atoms with E-state index in [2.05, 4.69) is 4.98 Å². The normalized spacial score (nSPS) is 10.3. The predicted octanol–water partition coefficient (Wildman–Crippen LogP) is 3.61. The molecule has 2 nitrogen and oxygen atoms in total. The zero-order valence-electron chi connectivity index (χ0n) is 8.56. The van der Waals surface area contributed by atoms with E-state index in [1.165, 1.54) is 0 Å². The molecule has 16 heavy (non-hydrogen) atoms. The van der Waals surface area contributed by atoms with Crippen LogP contribution < -0.4 is 5.73 Å². The minimum absolute atomic E-state index is 0.603. The Morgan fingerprint density at radius 1 is 1.25 bits per heavy atom. The highest BCUT2D eigenvalue weighted by Crippen LogP contribution is 2.27. The molecule has 2 rings (SSSR count). The Bertz CT molecular complexity index is 474. The van der Waals surface area contributed by atoms with E-state index in [1.807, 2.05) is 36.4 Å². The topological polar surface area (TPSA) is 38.9 Å². The van der Waals surface area contributed by atoms with E-state index >= 15 is 0 Å². The monoisotopic (exact) mass is 250 g/mol. The third-order valence-electron chi connectivity index (χ3n) is 2.08. The summed E-state index contributed by atoms with van der Waals surface area (Å²) in [4.78, 5) is 5.36. The fourth-order valence-electron chi connectivity index (χ4n) is 1.24.